The summed E-state index contributed by atoms with van der Waals surface area (Å²) in [4.78, 5) is 22.2. The van der Waals surface area contributed by atoms with E-state index in [1.807, 2.05) is 25.1 Å². The molecule has 0 aliphatic carbocycles. The lowest BCUT2D eigenvalue weighted by Gasteiger charge is -2.09. The number of ketones is 1. The summed E-state index contributed by atoms with van der Waals surface area (Å²) in [5.74, 6) is 0.0603. The minimum atomic E-state index is -0.295. The molecule has 0 aliphatic rings. The Bertz CT molecular complexity index is 433. The lowest BCUT2D eigenvalue weighted by molar-refractivity contribution is -0.116. The molecule has 0 fully saturated rings. The van der Waals surface area contributed by atoms with Crippen LogP contribution in [-0.4, -0.2) is 18.4 Å². The van der Waals surface area contributed by atoms with Crippen LogP contribution in [-0.2, 0) is 4.79 Å². The van der Waals surface area contributed by atoms with Gasteiger partial charge in [-0.3, -0.25) is 4.79 Å². The van der Waals surface area contributed by atoms with Crippen LogP contribution in [0.4, 0.5) is 10.5 Å². The van der Waals surface area contributed by atoms with Crippen molar-refractivity contribution in [3.8, 4) is 0 Å². The van der Waals surface area contributed by atoms with Gasteiger partial charge in [0.15, 0.2) is 0 Å². The van der Waals surface area contributed by atoms with Gasteiger partial charge in [0.1, 0.15) is 5.78 Å². The zero-order valence-corrected chi connectivity index (χ0v) is 11.4. The molecule has 1 rings (SSSR count). The SMILES string of the molecule is CC(=O)CCNC(=O)Nc1ccc(Br)cc1C. The van der Waals surface area contributed by atoms with Crippen molar-refractivity contribution in [2.75, 3.05) is 11.9 Å². The summed E-state index contributed by atoms with van der Waals surface area (Å²) in [6, 6.07) is 5.31. The number of Topliss-reactive ketones (excluding diaryl/α,β-unsaturated/α-hetero) is 1. The monoisotopic (exact) mass is 298 g/mol. The number of hydrogen-bond donors (Lipinski definition) is 2. The average Bonchev–Trinajstić information content (AvgIpc) is 2.21. The summed E-state index contributed by atoms with van der Waals surface area (Å²) < 4.78 is 0.970. The van der Waals surface area contributed by atoms with E-state index in [0.29, 0.717) is 13.0 Å². The van der Waals surface area contributed by atoms with Gasteiger partial charge in [0.2, 0.25) is 0 Å². The van der Waals surface area contributed by atoms with E-state index in [0.717, 1.165) is 15.7 Å². The molecule has 2 N–H and O–H groups in total. The highest BCUT2D eigenvalue weighted by molar-refractivity contribution is 9.10. The van der Waals surface area contributed by atoms with Gasteiger partial charge in [-0.25, -0.2) is 4.79 Å². The number of aryl methyl sites for hydroxylation is 1. The lowest BCUT2D eigenvalue weighted by atomic mass is 10.2. The molecular formula is C12H15BrN2O2. The number of carbonyl (C=O) groups excluding carboxylic acids is 2. The predicted octanol–water partition coefficient (Wildman–Crippen LogP) is 2.86. The van der Waals surface area contributed by atoms with E-state index < -0.39 is 0 Å². The van der Waals surface area contributed by atoms with E-state index >= 15 is 0 Å². The summed E-state index contributed by atoms with van der Waals surface area (Å²) in [5.41, 5.74) is 1.73. The minimum Gasteiger partial charge on any atom is -0.337 e. The number of hydrogen-bond acceptors (Lipinski definition) is 2. The van der Waals surface area contributed by atoms with Crippen molar-refractivity contribution < 1.29 is 9.59 Å². The van der Waals surface area contributed by atoms with Crippen LogP contribution in [0, 0.1) is 6.92 Å². The van der Waals surface area contributed by atoms with Gasteiger partial charge in [-0.15, -0.1) is 0 Å². The van der Waals surface area contributed by atoms with Crippen molar-refractivity contribution in [1.29, 1.82) is 0 Å². The van der Waals surface area contributed by atoms with E-state index in [2.05, 4.69) is 26.6 Å². The highest BCUT2D eigenvalue weighted by Gasteiger charge is 2.04. The first kappa shape index (κ1) is 13.7. The zero-order chi connectivity index (χ0) is 12.8. The third-order valence-corrected chi connectivity index (χ3v) is 2.69. The van der Waals surface area contributed by atoms with Gasteiger partial charge in [-0.1, -0.05) is 15.9 Å². The largest absolute Gasteiger partial charge is 0.337 e. The number of nitrogens with one attached hydrogen (secondary N) is 2. The molecule has 0 unspecified atom stereocenters. The van der Waals surface area contributed by atoms with Crippen LogP contribution in [0.5, 0.6) is 0 Å². The standard InChI is InChI=1S/C12H15BrN2O2/c1-8-7-10(13)3-4-11(8)15-12(17)14-6-5-9(2)16/h3-4,7H,5-6H2,1-2H3,(H2,14,15,17). The molecule has 0 aliphatic heterocycles. The van der Waals surface area contributed by atoms with Gasteiger partial charge < -0.3 is 10.6 Å². The maximum absolute atomic E-state index is 11.5. The highest BCUT2D eigenvalue weighted by Crippen LogP contribution is 2.19. The summed E-state index contributed by atoms with van der Waals surface area (Å²) in [6.45, 7) is 3.77. The normalized spacial score (nSPS) is 9.82. The number of urea groups is 1. The van der Waals surface area contributed by atoms with Crippen LogP contribution in [0.15, 0.2) is 22.7 Å². The molecule has 0 heterocycles. The van der Waals surface area contributed by atoms with Crippen molar-refractivity contribution in [3.63, 3.8) is 0 Å². The average molecular weight is 299 g/mol. The number of rotatable bonds is 4. The fraction of sp³-hybridized carbons (Fsp3) is 0.333. The molecule has 1 aromatic carbocycles. The second kappa shape index (κ2) is 6.39. The molecule has 0 radical (unpaired) electrons. The molecule has 0 bridgehead atoms. The van der Waals surface area contributed by atoms with Gasteiger partial charge in [-0.05, 0) is 37.6 Å². The second-order valence-corrected chi connectivity index (χ2v) is 4.71. The van der Waals surface area contributed by atoms with Crippen LogP contribution in [0.2, 0.25) is 0 Å². The van der Waals surface area contributed by atoms with E-state index in [1.54, 1.807) is 0 Å². The number of halogens is 1. The fourth-order valence-corrected chi connectivity index (χ4v) is 1.76. The Kier molecular flexibility index (Phi) is 5.15. The van der Waals surface area contributed by atoms with Gasteiger partial charge in [-0.2, -0.15) is 0 Å². The number of amides is 2. The Balaban J connectivity index is 2.48. The second-order valence-electron chi connectivity index (χ2n) is 3.79. The molecule has 0 saturated carbocycles. The third-order valence-electron chi connectivity index (χ3n) is 2.20. The van der Waals surface area contributed by atoms with Crippen molar-refractivity contribution in [2.24, 2.45) is 0 Å². The fourth-order valence-electron chi connectivity index (χ4n) is 1.29. The molecule has 17 heavy (non-hydrogen) atoms. The molecule has 2 amide bonds. The van der Waals surface area contributed by atoms with Crippen molar-refractivity contribution in [2.45, 2.75) is 20.3 Å². The van der Waals surface area contributed by atoms with Gasteiger partial charge in [0, 0.05) is 23.1 Å². The number of benzene rings is 1. The summed E-state index contributed by atoms with van der Waals surface area (Å²) in [5, 5.41) is 5.35. The Morgan fingerprint density at radius 3 is 2.65 bits per heavy atom. The Morgan fingerprint density at radius 2 is 2.06 bits per heavy atom. The van der Waals surface area contributed by atoms with Crippen molar-refractivity contribution in [1.82, 2.24) is 5.32 Å². The molecule has 92 valence electrons. The van der Waals surface area contributed by atoms with Crippen LogP contribution < -0.4 is 10.6 Å². The van der Waals surface area contributed by atoms with Gasteiger partial charge in [0.05, 0.1) is 0 Å². The van der Waals surface area contributed by atoms with Crippen LogP contribution in [0.25, 0.3) is 0 Å². The Labute approximate surface area is 109 Å². The molecular weight excluding hydrogens is 284 g/mol. The highest BCUT2D eigenvalue weighted by atomic mass is 79.9. The molecule has 5 heteroatoms. The molecule has 1 aromatic rings. The van der Waals surface area contributed by atoms with E-state index in [1.165, 1.54) is 6.92 Å². The maximum Gasteiger partial charge on any atom is 0.319 e. The molecule has 0 atom stereocenters. The quantitative estimate of drug-likeness (QED) is 0.898. The Morgan fingerprint density at radius 1 is 1.35 bits per heavy atom. The third kappa shape index (κ3) is 4.99. The topological polar surface area (TPSA) is 58.2 Å². The van der Waals surface area contributed by atoms with E-state index in [4.69, 9.17) is 0 Å². The first-order valence-corrected chi connectivity index (χ1v) is 6.09. The molecule has 0 aromatic heterocycles. The maximum atomic E-state index is 11.5. The van der Waals surface area contributed by atoms with E-state index in [9.17, 15) is 9.59 Å². The lowest BCUT2D eigenvalue weighted by Crippen LogP contribution is -2.30. The molecule has 0 saturated heterocycles. The van der Waals surface area contributed by atoms with Crippen LogP contribution in [0.3, 0.4) is 0 Å². The van der Waals surface area contributed by atoms with Crippen LogP contribution >= 0.6 is 15.9 Å². The van der Waals surface area contributed by atoms with E-state index in [-0.39, 0.29) is 11.8 Å². The molecule has 4 nitrogen and oxygen atoms in total. The van der Waals surface area contributed by atoms with Gasteiger partial charge >= 0.3 is 6.03 Å². The smallest absolute Gasteiger partial charge is 0.319 e. The first-order chi connectivity index (χ1) is 7.99. The number of anilines is 1. The molecule has 0 spiro atoms. The van der Waals surface area contributed by atoms with Crippen molar-refractivity contribution >= 4 is 33.4 Å². The number of carbonyl (C=O) groups is 2. The predicted molar refractivity (Wildman–Crippen MR) is 71.2 cm³/mol. The van der Waals surface area contributed by atoms with Crippen molar-refractivity contribution in [3.05, 3.63) is 28.2 Å². The Hall–Kier alpha value is -1.36. The van der Waals surface area contributed by atoms with Crippen LogP contribution in [0.1, 0.15) is 18.9 Å². The zero-order valence-electron chi connectivity index (χ0n) is 9.84. The van der Waals surface area contributed by atoms with Gasteiger partial charge in [0.25, 0.3) is 0 Å². The minimum absolute atomic E-state index is 0.0603. The summed E-state index contributed by atoms with van der Waals surface area (Å²) in [7, 11) is 0. The first-order valence-electron chi connectivity index (χ1n) is 5.29. The summed E-state index contributed by atoms with van der Waals surface area (Å²) in [6.07, 6.45) is 0.354. The summed E-state index contributed by atoms with van der Waals surface area (Å²) >= 11 is 3.35.